The summed E-state index contributed by atoms with van der Waals surface area (Å²) in [5.74, 6) is 0.694. The van der Waals surface area contributed by atoms with Crippen LogP contribution in [0.4, 0.5) is 0 Å². The molecule has 0 unspecified atom stereocenters. The maximum Gasteiger partial charge on any atom is 0.351 e. The van der Waals surface area contributed by atoms with E-state index in [4.69, 9.17) is 20.4 Å². The van der Waals surface area contributed by atoms with E-state index in [0.717, 1.165) is 0 Å². The summed E-state index contributed by atoms with van der Waals surface area (Å²) in [5.41, 5.74) is -0.352. The van der Waals surface area contributed by atoms with Crippen molar-refractivity contribution in [1.29, 1.82) is 0 Å². The van der Waals surface area contributed by atoms with Crippen LogP contribution < -0.4 is 11.1 Å². The molecule has 4 nitrogen and oxygen atoms in total. The Kier molecular flexibility index (Phi) is 2.95. The van der Waals surface area contributed by atoms with Gasteiger partial charge in [-0.25, -0.2) is 4.79 Å². The topological polar surface area (TPSA) is 60.4 Å². The van der Waals surface area contributed by atoms with Crippen LogP contribution in [0.5, 0.6) is 0 Å². The molecule has 0 amide bonds. The van der Waals surface area contributed by atoms with Crippen LogP contribution in [0.1, 0.15) is 5.76 Å². The first-order chi connectivity index (χ1) is 9.56. The number of hydrogen-bond acceptors (Lipinski definition) is 4. The van der Waals surface area contributed by atoms with E-state index in [2.05, 4.69) is 0 Å². The summed E-state index contributed by atoms with van der Waals surface area (Å²) in [4.78, 5) is 23.7. The molecule has 2 heterocycles. The van der Waals surface area contributed by atoms with Crippen LogP contribution in [0.2, 0.25) is 5.02 Å². The Bertz CT molecular complexity index is 921. The van der Waals surface area contributed by atoms with Gasteiger partial charge in [-0.05, 0) is 19.1 Å². The van der Waals surface area contributed by atoms with Crippen molar-refractivity contribution in [1.82, 2.24) is 0 Å². The van der Waals surface area contributed by atoms with Crippen molar-refractivity contribution >= 4 is 22.6 Å². The van der Waals surface area contributed by atoms with Gasteiger partial charge in [0.05, 0.1) is 5.02 Å². The molecule has 0 saturated carbocycles. The Morgan fingerprint density at radius 3 is 2.55 bits per heavy atom. The van der Waals surface area contributed by atoms with Gasteiger partial charge in [-0.2, -0.15) is 0 Å². The summed E-state index contributed by atoms with van der Waals surface area (Å²) in [6, 6.07) is 9.77. The quantitative estimate of drug-likeness (QED) is 0.689. The molecule has 0 aliphatic heterocycles. The molecule has 0 aliphatic rings. The zero-order chi connectivity index (χ0) is 14.3. The largest absolute Gasteiger partial charge is 0.455 e. The summed E-state index contributed by atoms with van der Waals surface area (Å²) in [5, 5.41) is 0.376. The third kappa shape index (κ3) is 2.04. The highest BCUT2D eigenvalue weighted by molar-refractivity contribution is 6.33. The Morgan fingerprint density at radius 1 is 1.05 bits per heavy atom. The number of aryl methyl sites for hydroxylation is 1. The maximum absolute atomic E-state index is 12.1. The van der Waals surface area contributed by atoms with E-state index in [1.165, 1.54) is 12.1 Å². The third-order valence-electron chi connectivity index (χ3n) is 2.91. The molecule has 20 heavy (non-hydrogen) atoms. The number of benzene rings is 1. The van der Waals surface area contributed by atoms with Gasteiger partial charge < -0.3 is 8.83 Å². The van der Waals surface area contributed by atoms with Gasteiger partial charge >= 0.3 is 5.63 Å². The lowest BCUT2D eigenvalue weighted by molar-refractivity contribution is 0.482. The second-order valence-electron chi connectivity index (χ2n) is 4.34. The Morgan fingerprint density at radius 2 is 1.80 bits per heavy atom. The number of halogens is 1. The summed E-state index contributed by atoms with van der Waals surface area (Å²) >= 11 is 6.08. The summed E-state index contributed by atoms with van der Waals surface area (Å²) in [6.07, 6.45) is 0. The summed E-state index contributed by atoms with van der Waals surface area (Å²) in [6.45, 7) is 1.61. The molecule has 0 saturated heterocycles. The normalized spacial score (nSPS) is 10.9. The van der Waals surface area contributed by atoms with Gasteiger partial charge in [0.25, 0.3) is 0 Å². The van der Waals surface area contributed by atoms with Crippen LogP contribution in [0, 0.1) is 6.92 Å². The highest BCUT2D eigenvalue weighted by Crippen LogP contribution is 2.28. The molecule has 100 valence electrons. The Hall–Kier alpha value is -2.33. The average Bonchev–Trinajstić information content (AvgIpc) is 2.37. The molecule has 0 fully saturated rings. The van der Waals surface area contributed by atoms with Crippen molar-refractivity contribution < 1.29 is 8.83 Å². The van der Waals surface area contributed by atoms with Gasteiger partial charge in [0, 0.05) is 17.7 Å². The molecular weight excluding hydrogens is 280 g/mol. The van der Waals surface area contributed by atoms with Crippen molar-refractivity contribution in [2.24, 2.45) is 0 Å². The summed E-state index contributed by atoms with van der Waals surface area (Å²) in [7, 11) is 0. The maximum atomic E-state index is 12.1. The number of hydrogen-bond donors (Lipinski definition) is 0. The predicted octanol–water partition coefficient (Wildman–Crippen LogP) is 3.38. The molecule has 2 aromatic heterocycles. The predicted molar refractivity (Wildman–Crippen MR) is 76.2 cm³/mol. The molecular formula is C15H9ClO4. The van der Waals surface area contributed by atoms with Gasteiger partial charge in [0.2, 0.25) is 5.43 Å². The van der Waals surface area contributed by atoms with Crippen LogP contribution in [0.25, 0.3) is 22.3 Å². The lowest BCUT2D eigenvalue weighted by Crippen LogP contribution is -2.12. The molecule has 0 atom stereocenters. The second-order valence-corrected chi connectivity index (χ2v) is 4.75. The van der Waals surface area contributed by atoms with Crippen LogP contribution in [0.15, 0.2) is 54.8 Å². The Labute approximate surface area is 118 Å². The molecule has 5 heteroatoms. The molecule has 0 bridgehead atoms. The van der Waals surface area contributed by atoms with Gasteiger partial charge in [-0.3, -0.25) is 4.79 Å². The molecule has 3 rings (SSSR count). The van der Waals surface area contributed by atoms with Crippen LogP contribution >= 0.6 is 11.6 Å². The third-order valence-corrected chi connectivity index (χ3v) is 3.24. The Balaban J connectivity index is 2.39. The lowest BCUT2D eigenvalue weighted by atomic mass is 10.1. The van der Waals surface area contributed by atoms with E-state index >= 15 is 0 Å². The minimum absolute atomic E-state index is 0.0913. The second kappa shape index (κ2) is 4.65. The van der Waals surface area contributed by atoms with Crippen molar-refractivity contribution in [2.45, 2.75) is 6.92 Å². The average molecular weight is 289 g/mol. The van der Waals surface area contributed by atoms with Crippen molar-refractivity contribution in [3.8, 4) is 11.3 Å². The van der Waals surface area contributed by atoms with E-state index in [1.54, 1.807) is 31.2 Å². The lowest BCUT2D eigenvalue weighted by Gasteiger charge is -2.04. The van der Waals surface area contributed by atoms with Gasteiger partial charge in [-0.15, -0.1) is 0 Å². The van der Waals surface area contributed by atoms with Crippen LogP contribution in [-0.2, 0) is 0 Å². The van der Waals surface area contributed by atoms with Gasteiger partial charge in [-0.1, -0.05) is 23.7 Å². The highest BCUT2D eigenvalue weighted by atomic mass is 35.5. The highest BCUT2D eigenvalue weighted by Gasteiger charge is 2.13. The molecule has 1 aromatic carbocycles. The number of rotatable bonds is 1. The van der Waals surface area contributed by atoms with Crippen molar-refractivity contribution in [3.05, 3.63) is 67.8 Å². The first-order valence-electron chi connectivity index (χ1n) is 5.90. The fourth-order valence-electron chi connectivity index (χ4n) is 2.02. The van der Waals surface area contributed by atoms with E-state index in [9.17, 15) is 9.59 Å². The standard InChI is InChI=1S/C15H9ClO4/c1-8-6-13-14(15(18)19-8)11(17)7-12(20-13)9-4-2-3-5-10(9)16/h2-7H,1H3. The zero-order valence-electron chi connectivity index (χ0n) is 10.5. The SMILES string of the molecule is Cc1cc2oc(-c3ccccc3Cl)cc(=O)c2c(=O)o1. The smallest absolute Gasteiger partial charge is 0.351 e. The monoisotopic (exact) mass is 288 g/mol. The molecule has 0 N–H and O–H groups in total. The van der Waals surface area contributed by atoms with Gasteiger partial charge in [0.1, 0.15) is 17.1 Å². The van der Waals surface area contributed by atoms with Gasteiger partial charge in [0.15, 0.2) is 5.39 Å². The van der Waals surface area contributed by atoms with E-state index in [-0.39, 0.29) is 11.0 Å². The minimum Gasteiger partial charge on any atom is -0.455 e. The zero-order valence-corrected chi connectivity index (χ0v) is 11.2. The number of fused-ring (bicyclic) bond motifs is 1. The fraction of sp³-hybridized carbons (Fsp3) is 0.0667. The molecule has 0 radical (unpaired) electrons. The van der Waals surface area contributed by atoms with Crippen molar-refractivity contribution in [3.63, 3.8) is 0 Å². The first-order valence-corrected chi connectivity index (χ1v) is 6.27. The minimum atomic E-state index is -0.695. The molecule has 3 aromatic rings. The van der Waals surface area contributed by atoms with Crippen LogP contribution in [-0.4, -0.2) is 0 Å². The molecule has 0 aliphatic carbocycles. The van der Waals surface area contributed by atoms with E-state index < -0.39 is 11.1 Å². The van der Waals surface area contributed by atoms with Crippen molar-refractivity contribution in [2.75, 3.05) is 0 Å². The molecule has 0 spiro atoms. The first kappa shape index (κ1) is 12.7. The summed E-state index contributed by atoms with van der Waals surface area (Å²) < 4.78 is 10.5. The van der Waals surface area contributed by atoms with E-state index in [0.29, 0.717) is 22.1 Å². The fourth-order valence-corrected chi connectivity index (χ4v) is 2.25. The van der Waals surface area contributed by atoms with E-state index in [1.807, 2.05) is 0 Å². The van der Waals surface area contributed by atoms with Crippen LogP contribution in [0.3, 0.4) is 0 Å².